The first-order valence-corrected chi connectivity index (χ1v) is 21.2. The highest BCUT2D eigenvalue weighted by Crippen LogP contribution is 2.49. The van der Waals surface area contributed by atoms with Crippen molar-refractivity contribution < 1.29 is 8.85 Å². The second-order valence-corrected chi connectivity index (χ2v) is 17.1. The van der Waals surface area contributed by atoms with E-state index in [1.807, 2.05) is 30.5 Å². The van der Waals surface area contributed by atoms with Gasteiger partial charge in [-0.25, -0.2) is 4.98 Å². The third-order valence-electron chi connectivity index (χ3n) is 12.2. The number of rotatable bonds is 7. The zero-order chi connectivity index (χ0) is 44.5. The number of anilines is 3. The Morgan fingerprint density at radius 2 is 1.42 bits per heavy atom. The molecule has 5 heterocycles. The maximum atomic E-state index is 8.09. The second kappa shape index (κ2) is 14.9. The molecule has 3 aliphatic rings. The molecule has 0 radical (unpaired) electrons. The van der Waals surface area contributed by atoms with Crippen LogP contribution in [0.3, 0.4) is 0 Å². The first-order chi connectivity index (χ1) is 31.5. The molecule has 0 unspecified atom stereocenters. The number of aryl methyl sites for hydroxylation is 1. The molecule has 0 N–H and O–H groups in total. The molecule has 7 heteroatoms. The number of nitrogens with zero attached hydrogens (tertiary/aromatic N) is 5. The molecule has 11 rings (SSSR count). The summed E-state index contributed by atoms with van der Waals surface area (Å²) < 4.78 is 33.3. The van der Waals surface area contributed by atoms with Gasteiger partial charge in [-0.2, -0.15) is 0 Å². The number of hydrogen-bond acceptors (Lipinski definition) is 5. The van der Waals surface area contributed by atoms with Crippen LogP contribution < -0.4 is 14.5 Å². The zero-order valence-corrected chi connectivity index (χ0v) is 34.9. The zero-order valence-electron chi connectivity index (χ0n) is 37.9. The summed E-state index contributed by atoms with van der Waals surface area (Å²) in [6.45, 7) is 4.89. The van der Waals surface area contributed by atoms with Crippen LogP contribution in [0.15, 0.2) is 200 Å². The van der Waals surface area contributed by atoms with Gasteiger partial charge < -0.3 is 19.3 Å². The first kappa shape index (κ1) is 34.2. The van der Waals surface area contributed by atoms with Gasteiger partial charge in [0.25, 0.3) is 0 Å². The molecule has 0 bridgehead atoms. The Bertz CT molecular complexity index is 3270. The normalized spacial score (nSPS) is 15.7. The number of pyridine rings is 1. The summed E-state index contributed by atoms with van der Waals surface area (Å²) in [6.07, 6.45) is 10.4. The molecule has 2 aromatic heterocycles. The summed E-state index contributed by atoms with van der Waals surface area (Å²) in [5, 5.41) is 2.30. The van der Waals surface area contributed by atoms with Crippen molar-refractivity contribution in [1.82, 2.24) is 14.4 Å². The summed E-state index contributed by atoms with van der Waals surface area (Å²) in [5.74, 6) is 4.53. The Kier molecular flexibility index (Phi) is 8.22. The Morgan fingerprint density at radius 1 is 0.661 bits per heavy atom. The van der Waals surface area contributed by atoms with Crippen molar-refractivity contribution in [3.63, 3.8) is 0 Å². The molecule has 6 aromatic carbocycles. The minimum Gasteiger partial charge on any atom is -0.457 e. The van der Waals surface area contributed by atoms with E-state index in [9.17, 15) is 0 Å². The minimum atomic E-state index is -2.20. The molecule has 300 valence electrons. The van der Waals surface area contributed by atoms with Crippen molar-refractivity contribution in [2.45, 2.75) is 33.0 Å². The fourth-order valence-electron chi connectivity index (χ4n) is 9.20. The highest BCUT2D eigenvalue weighted by molar-refractivity contribution is 6.82. The number of ether oxygens (including phenoxy) is 1. The molecule has 0 amide bonds. The molecule has 0 saturated heterocycles. The van der Waals surface area contributed by atoms with Gasteiger partial charge in [0.15, 0.2) is 0 Å². The van der Waals surface area contributed by atoms with Crippen molar-refractivity contribution in [1.29, 1.82) is 0 Å². The van der Waals surface area contributed by atoms with E-state index in [0.29, 0.717) is 12.2 Å². The fraction of sp³-hybridized carbons (Fsp3) is 0.109. The summed E-state index contributed by atoms with van der Waals surface area (Å²) >= 11 is 0. The number of aromatic nitrogens is 2. The highest BCUT2D eigenvalue weighted by Gasteiger charge is 2.39. The fourth-order valence-corrected chi connectivity index (χ4v) is 9.20. The Hall–Kier alpha value is -7.51. The lowest BCUT2D eigenvalue weighted by Gasteiger charge is -2.38. The lowest BCUT2D eigenvalue weighted by atomic mass is 9.48. The van der Waals surface area contributed by atoms with Crippen LogP contribution in [0.25, 0.3) is 38.7 Å². The number of para-hydroxylation sites is 3. The van der Waals surface area contributed by atoms with Crippen molar-refractivity contribution in [3.05, 3.63) is 222 Å². The van der Waals surface area contributed by atoms with Gasteiger partial charge in [-0.05, 0) is 101 Å². The van der Waals surface area contributed by atoms with E-state index in [0.717, 1.165) is 84.1 Å². The standard InChI is InChI=1S/C55H46BN5O/c1-38-23-25-40(26-24-38)53-54(47(39-15-6-5-7-16-39)36-58-32-13-12-30-56(53)58)60-37-59(49-21-10-11-22-50(49)60)42-17-14-18-43(34-42)62-44-27-28-46-45-19-8-9-20-48(45)61(51(46)35-44)52-33-41(29-31-57-52)55(2,3)4/h5-36H,37H2,1-4H3/i1D3. The van der Waals surface area contributed by atoms with Crippen LogP contribution in [0.1, 0.15) is 47.1 Å². The van der Waals surface area contributed by atoms with Crippen LogP contribution in [-0.4, -0.2) is 27.9 Å². The molecular formula is C55H46BN5O. The van der Waals surface area contributed by atoms with Gasteiger partial charge in [-0.15, -0.1) is 0 Å². The van der Waals surface area contributed by atoms with Crippen LogP contribution >= 0.6 is 0 Å². The van der Waals surface area contributed by atoms with Gasteiger partial charge >= 0.3 is 6.85 Å². The van der Waals surface area contributed by atoms with Gasteiger partial charge in [0.1, 0.15) is 24.0 Å². The van der Waals surface area contributed by atoms with Crippen LogP contribution in [0.5, 0.6) is 11.5 Å². The molecule has 0 atom stereocenters. The van der Waals surface area contributed by atoms with E-state index in [-0.39, 0.29) is 12.3 Å². The van der Waals surface area contributed by atoms with E-state index in [1.165, 1.54) is 5.56 Å². The molecule has 8 aromatic rings. The summed E-state index contributed by atoms with van der Waals surface area (Å²) in [7, 11) is 0. The Labute approximate surface area is 368 Å². The molecule has 0 aliphatic carbocycles. The Morgan fingerprint density at radius 3 is 2.24 bits per heavy atom. The molecule has 0 spiro atoms. The lowest BCUT2D eigenvalue weighted by Crippen LogP contribution is -2.40. The molecule has 0 fully saturated rings. The molecule has 62 heavy (non-hydrogen) atoms. The summed E-state index contributed by atoms with van der Waals surface area (Å²) in [5.41, 5.74) is 12.0. The minimum absolute atomic E-state index is 0.0279. The van der Waals surface area contributed by atoms with E-state index in [1.54, 1.807) is 12.1 Å². The predicted molar refractivity (Wildman–Crippen MR) is 258 cm³/mol. The van der Waals surface area contributed by atoms with Crippen LogP contribution in [0.4, 0.5) is 17.1 Å². The van der Waals surface area contributed by atoms with Crippen LogP contribution in [0.2, 0.25) is 0 Å². The predicted octanol–water partition coefficient (Wildman–Crippen LogP) is 13.4. The number of benzene rings is 6. The van der Waals surface area contributed by atoms with Gasteiger partial charge in [-0.3, -0.25) is 4.57 Å². The Balaban J connectivity index is 0.994. The second-order valence-electron chi connectivity index (χ2n) is 17.1. The monoisotopic (exact) mass is 806 g/mol. The van der Waals surface area contributed by atoms with E-state index in [4.69, 9.17) is 13.8 Å². The molecule has 0 saturated carbocycles. The van der Waals surface area contributed by atoms with Gasteiger partial charge in [-0.1, -0.05) is 129 Å². The van der Waals surface area contributed by atoms with E-state index in [2.05, 4.69) is 192 Å². The highest BCUT2D eigenvalue weighted by atomic mass is 16.5. The average molecular weight is 807 g/mol. The number of allylic oxidation sites excluding steroid dienone is 3. The largest absolute Gasteiger partial charge is 0.457 e. The lowest BCUT2D eigenvalue weighted by molar-refractivity contribution is 0.483. The van der Waals surface area contributed by atoms with Gasteiger partial charge in [0.05, 0.1) is 22.4 Å². The van der Waals surface area contributed by atoms with Crippen molar-refractivity contribution in [2.75, 3.05) is 16.5 Å². The topological polar surface area (TPSA) is 36.8 Å². The molecule has 6 nitrogen and oxygen atoms in total. The molecular weight excluding hydrogens is 757 g/mol. The van der Waals surface area contributed by atoms with Crippen molar-refractivity contribution in [3.8, 4) is 17.3 Å². The SMILES string of the molecule is [2H]C([2H])([2H])c1ccc(C2=C(N3CN(c4cccc(Oc5ccc6c7ccccc7n(-c7cc(C(C)(C)C)ccn7)c6c5)c4)c4ccccc43)C(c3ccccc3)=CN3C=CC=CB23)cc1. The van der Waals surface area contributed by atoms with Gasteiger partial charge in [0.2, 0.25) is 0 Å². The first-order valence-electron chi connectivity index (χ1n) is 22.7. The van der Waals surface area contributed by atoms with Crippen LogP contribution in [-0.2, 0) is 5.41 Å². The maximum Gasteiger partial charge on any atom is 0.322 e. The van der Waals surface area contributed by atoms with E-state index < -0.39 is 6.85 Å². The smallest absolute Gasteiger partial charge is 0.322 e. The third-order valence-corrected chi connectivity index (χ3v) is 12.2. The summed E-state index contributed by atoms with van der Waals surface area (Å²) in [6, 6.07) is 53.9. The summed E-state index contributed by atoms with van der Waals surface area (Å²) in [4.78, 5) is 11.9. The number of fused-ring (bicyclic) bond motifs is 5. The van der Waals surface area contributed by atoms with E-state index >= 15 is 0 Å². The average Bonchev–Trinajstić information content (AvgIpc) is 3.87. The number of hydrogen-bond donors (Lipinski definition) is 0. The quantitative estimate of drug-likeness (QED) is 0.150. The van der Waals surface area contributed by atoms with Crippen molar-refractivity contribution >= 4 is 56.8 Å². The maximum absolute atomic E-state index is 8.09. The molecule has 3 aliphatic heterocycles. The third kappa shape index (κ3) is 6.49. The van der Waals surface area contributed by atoms with Crippen LogP contribution in [0, 0.1) is 6.85 Å². The van der Waals surface area contributed by atoms with Gasteiger partial charge in [0, 0.05) is 56.4 Å². The van der Waals surface area contributed by atoms with Crippen molar-refractivity contribution in [2.24, 2.45) is 0 Å².